The molecule has 0 saturated heterocycles. The normalized spacial score (nSPS) is 12.6. The highest BCUT2D eigenvalue weighted by Gasteiger charge is 2.46. The summed E-state index contributed by atoms with van der Waals surface area (Å²) in [5.41, 5.74) is 20.9. The molecule has 13 aromatic rings. The fourth-order valence-corrected chi connectivity index (χ4v) is 11.8. The smallest absolute Gasteiger partial charge is 0.0714 e. The summed E-state index contributed by atoms with van der Waals surface area (Å²) in [7, 11) is 0. The Bertz CT molecular complexity index is 4080. The number of hydrogen-bond donors (Lipinski definition) is 0. The van der Waals surface area contributed by atoms with Crippen molar-refractivity contribution in [2.45, 2.75) is 5.41 Å². The highest BCUT2D eigenvalue weighted by Crippen LogP contribution is 2.57. The molecule has 2 aromatic heterocycles. The zero-order chi connectivity index (χ0) is 47.6. The Balaban J connectivity index is 0.903. The molecular formula is C69H47N3. The molecule has 0 bridgehead atoms. The number of aromatic nitrogens is 2. The highest BCUT2D eigenvalue weighted by molar-refractivity contribution is 6.20. The molecule has 72 heavy (non-hydrogen) atoms. The second-order valence-corrected chi connectivity index (χ2v) is 18.9. The van der Waals surface area contributed by atoms with Crippen LogP contribution in [0, 0.1) is 0 Å². The van der Waals surface area contributed by atoms with Gasteiger partial charge in [-0.15, -0.1) is 0 Å². The van der Waals surface area contributed by atoms with E-state index in [-0.39, 0.29) is 0 Å². The standard InChI is InChI=1S/C69H47N3/c1-5-18-48(19-6-1)49-32-37-56(38-33-49)71(59-41-42-61-60-28-13-15-30-63(60)69(64(61)47-59,53-21-7-2-8-22-53)54-23-9-3-10-24-54)57-39-34-50(35-40-57)52-20-17-27-58(46-52)72-65-31-16-14-29-62(65)67-66(72)43-36-51-44-45-70(68(51)67)55-25-11-4-12-26-55/h1-47H. The van der Waals surface area contributed by atoms with E-state index in [1.807, 2.05) is 0 Å². The van der Waals surface area contributed by atoms with Gasteiger partial charge in [0.05, 0.1) is 22.0 Å². The third-order valence-corrected chi connectivity index (χ3v) is 15.0. The van der Waals surface area contributed by atoms with E-state index in [9.17, 15) is 0 Å². The predicted octanol–water partition coefficient (Wildman–Crippen LogP) is 17.9. The molecule has 0 radical (unpaired) electrons. The van der Waals surface area contributed by atoms with E-state index in [1.54, 1.807) is 0 Å². The van der Waals surface area contributed by atoms with Crippen molar-refractivity contribution in [1.82, 2.24) is 9.13 Å². The summed E-state index contributed by atoms with van der Waals surface area (Å²) in [4.78, 5) is 2.42. The van der Waals surface area contributed by atoms with Crippen LogP contribution < -0.4 is 4.90 Å². The van der Waals surface area contributed by atoms with Crippen LogP contribution in [0.1, 0.15) is 22.3 Å². The van der Waals surface area contributed by atoms with Crippen LogP contribution in [0.25, 0.3) is 77.5 Å². The third-order valence-electron chi connectivity index (χ3n) is 15.0. The van der Waals surface area contributed by atoms with E-state index >= 15 is 0 Å². The van der Waals surface area contributed by atoms with Gasteiger partial charge in [-0.25, -0.2) is 0 Å². The topological polar surface area (TPSA) is 13.1 Å². The zero-order valence-corrected chi connectivity index (χ0v) is 39.5. The van der Waals surface area contributed by atoms with Crippen LogP contribution in [0.15, 0.2) is 285 Å². The highest BCUT2D eigenvalue weighted by atomic mass is 15.1. The lowest BCUT2D eigenvalue weighted by Gasteiger charge is -2.35. The monoisotopic (exact) mass is 917 g/mol. The lowest BCUT2D eigenvalue weighted by Crippen LogP contribution is -2.28. The summed E-state index contributed by atoms with van der Waals surface area (Å²) in [6.45, 7) is 0. The number of rotatable bonds is 9. The van der Waals surface area contributed by atoms with E-state index in [2.05, 4.69) is 299 Å². The van der Waals surface area contributed by atoms with Gasteiger partial charge in [0.15, 0.2) is 0 Å². The van der Waals surface area contributed by atoms with Crippen LogP contribution in [0.2, 0.25) is 0 Å². The lowest BCUT2D eigenvalue weighted by atomic mass is 9.67. The van der Waals surface area contributed by atoms with Gasteiger partial charge in [0.1, 0.15) is 0 Å². The molecule has 0 spiro atoms. The number of para-hydroxylation sites is 2. The van der Waals surface area contributed by atoms with E-state index in [1.165, 1.54) is 77.2 Å². The first-order valence-electron chi connectivity index (χ1n) is 24.8. The minimum Gasteiger partial charge on any atom is -0.316 e. The predicted molar refractivity (Wildman–Crippen MR) is 300 cm³/mol. The molecule has 0 saturated carbocycles. The molecule has 1 aliphatic carbocycles. The first kappa shape index (κ1) is 41.5. The van der Waals surface area contributed by atoms with Crippen molar-refractivity contribution in [2.75, 3.05) is 4.90 Å². The first-order valence-corrected chi connectivity index (χ1v) is 24.8. The Kier molecular flexibility index (Phi) is 9.75. The van der Waals surface area contributed by atoms with Crippen LogP contribution in [0.5, 0.6) is 0 Å². The molecule has 11 aromatic carbocycles. The number of benzene rings is 11. The Morgan fingerprint density at radius 2 is 0.875 bits per heavy atom. The molecule has 0 fully saturated rings. The van der Waals surface area contributed by atoms with Crippen molar-refractivity contribution in [3.05, 3.63) is 308 Å². The van der Waals surface area contributed by atoms with Gasteiger partial charge in [0.2, 0.25) is 0 Å². The quantitative estimate of drug-likeness (QED) is 0.141. The summed E-state index contributed by atoms with van der Waals surface area (Å²) in [6.07, 6.45) is 2.20. The number of nitrogens with zero attached hydrogens (tertiary/aromatic N) is 3. The maximum absolute atomic E-state index is 2.45. The van der Waals surface area contributed by atoms with Gasteiger partial charge in [-0.3, -0.25) is 0 Å². The minimum atomic E-state index is -0.517. The molecule has 0 amide bonds. The van der Waals surface area contributed by atoms with E-state index < -0.39 is 5.41 Å². The van der Waals surface area contributed by atoms with Gasteiger partial charge in [-0.1, -0.05) is 200 Å². The molecule has 0 unspecified atom stereocenters. The van der Waals surface area contributed by atoms with Crippen molar-refractivity contribution in [2.24, 2.45) is 0 Å². The average Bonchev–Trinajstić information content (AvgIpc) is 4.14. The van der Waals surface area contributed by atoms with Gasteiger partial charge in [-0.05, 0) is 134 Å². The second kappa shape index (κ2) is 16.9. The zero-order valence-electron chi connectivity index (χ0n) is 39.5. The fraction of sp³-hybridized carbons (Fsp3) is 0.0145. The molecule has 3 nitrogen and oxygen atoms in total. The van der Waals surface area contributed by atoms with Crippen LogP contribution >= 0.6 is 0 Å². The number of anilines is 3. The van der Waals surface area contributed by atoms with Crippen LogP contribution in [-0.2, 0) is 5.41 Å². The van der Waals surface area contributed by atoms with Gasteiger partial charge >= 0.3 is 0 Å². The maximum Gasteiger partial charge on any atom is 0.0714 e. The van der Waals surface area contributed by atoms with E-state index in [0.29, 0.717) is 0 Å². The minimum absolute atomic E-state index is 0.517. The average molecular weight is 918 g/mol. The molecule has 0 N–H and O–H groups in total. The number of hydrogen-bond acceptors (Lipinski definition) is 1. The van der Waals surface area contributed by atoms with Crippen molar-refractivity contribution in [3.8, 4) is 44.8 Å². The van der Waals surface area contributed by atoms with Gasteiger partial charge in [0.25, 0.3) is 0 Å². The Hall–Kier alpha value is -9.44. The van der Waals surface area contributed by atoms with Gasteiger partial charge in [-0.2, -0.15) is 0 Å². The van der Waals surface area contributed by atoms with Gasteiger partial charge in [0, 0.05) is 50.8 Å². The van der Waals surface area contributed by atoms with Crippen molar-refractivity contribution >= 4 is 49.8 Å². The maximum atomic E-state index is 2.45. The Morgan fingerprint density at radius 1 is 0.333 bits per heavy atom. The molecular weight excluding hydrogens is 871 g/mol. The molecule has 1 aliphatic rings. The summed E-state index contributed by atoms with van der Waals surface area (Å²) < 4.78 is 4.76. The Morgan fingerprint density at radius 3 is 1.58 bits per heavy atom. The molecule has 0 aliphatic heterocycles. The SMILES string of the molecule is c1ccc(-c2ccc(N(c3ccc(-c4cccc(-n5c6ccccc6c6c7c(ccc65)ccn7-c5ccccc5)c4)cc3)c3ccc4c(c3)C(c3ccccc3)(c3ccccc3)c3ccccc3-4)cc2)cc1. The summed E-state index contributed by atoms with van der Waals surface area (Å²) in [5, 5.41) is 3.71. The van der Waals surface area contributed by atoms with Crippen LogP contribution in [0.3, 0.4) is 0 Å². The van der Waals surface area contributed by atoms with E-state index in [0.717, 1.165) is 39.6 Å². The lowest BCUT2D eigenvalue weighted by molar-refractivity contribution is 0.768. The third kappa shape index (κ3) is 6.52. The fourth-order valence-electron chi connectivity index (χ4n) is 11.8. The molecule has 3 heteroatoms. The summed E-state index contributed by atoms with van der Waals surface area (Å²) >= 11 is 0. The summed E-state index contributed by atoms with van der Waals surface area (Å²) in [6, 6.07) is 102. The molecule has 14 rings (SSSR count). The van der Waals surface area contributed by atoms with Gasteiger partial charge < -0.3 is 14.0 Å². The van der Waals surface area contributed by atoms with Crippen LogP contribution in [-0.4, -0.2) is 9.13 Å². The first-order chi connectivity index (χ1) is 35.7. The number of fused-ring (bicyclic) bond motifs is 8. The summed E-state index contributed by atoms with van der Waals surface area (Å²) in [5.74, 6) is 0. The van der Waals surface area contributed by atoms with Crippen molar-refractivity contribution in [3.63, 3.8) is 0 Å². The van der Waals surface area contributed by atoms with Crippen molar-refractivity contribution < 1.29 is 0 Å². The molecule has 0 atom stereocenters. The molecule has 338 valence electrons. The van der Waals surface area contributed by atoms with E-state index in [4.69, 9.17) is 0 Å². The second-order valence-electron chi connectivity index (χ2n) is 18.9. The Labute approximate surface area is 419 Å². The molecule has 2 heterocycles. The largest absolute Gasteiger partial charge is 0.316 e. The van der Waals surface area contributed by atoms with Crippen LogP contribution in [0.4, 0.5) is 17.1 Å². The van der Waals surface area contributed by atoms with Crippen molar-refractivity contribution in [1.29, 1.82) is 0 Å².